The highest BCUT2D eigenvalue weighted by Crippen LogP contribution is 2.58. The molecule has 2 aliphatic rings. The molecule has 0 bridgehead atoms. The van der Waals surface area contributed by atoms with Crippen LogP contribution in [0.3, 0.4) is 0 Å². The number of carbonyl (C=O) groups excluding carboxylic acids is 1. The smallest absolute Gasteiger partial charge is 0.406 e. The number of benzene rings is 5. The van der Waals surface area contributed by atoms with E-state index in [1.807, 2.05) is 36.4 Å². The molecule has 6 heteroatoms. The molecule has 45 heavy (non-hydrogen) atoms. The van der Waals surface area contributed by atoms with E-state index in [4.69, 9.17) is 18.9 Å². The monoisotopic (exact) mass is 597 g/mol. The summed E-state index contributed by atoms with van der Waals surface area (Å²) in [5.74, 6) is 2.32. The van der Waals surface area contributed by atoms with E-state index in [9.17, 15) is 4.79 Å². The van der Waals surface area contributed by atoms with Gasteiger partial charge >= 0.3 is 6.09 Å². The quantitative estimate of drug-likeness (QED) is 0.192. The predicted molar refractivity (Wildman–Crippen MR) is 177 cm³/mol. The third-order valence-corrected chi connectivity index (χ3v) is 9.04. The Balaban J connectivity index is 1.36. The molecular formula is C39H35NO5. The van der Waals surface area contributed by atoms with Crippen LogP contribution in [0, 0.1) is 0 Å². The van der Waals surface area contributed by atoms with Crippen molar-refractivity contribution < 1.29 is 23.7 Å². The summed E-state index contributed by atoms with van der Waals surface area (Å²) in [4.78, 5) is 11.4. The Morgan fingerprint density at radius 1 is 0.800 bits per heavy atom. The number of hydrogen-bond acceptors (Lipinski definition) is 5. The number of nitrogens with one attached hydrogen (secondary N) is 1. The second-order valence-electron chi connectivity index (χ2n) is 11.9. The number of fused-ring (bicyclic) bond motifs is 8. The third kappa shape index (κ3) is 4.60. The van der Waals surface area contributed by atoms with Crippen molar-refractivity contribution in [1.82, 2.24) is 5.32 Å². The van der Waals surface area contributed by atoms with E-state index in [1.54, 1.807) is 7.11 Å². The number of amides is 1. The minimum Gasteiger partial charge on any atom is -0.497 e. The van der Waals surface area contributed by atoms with Crippen molar-refractivity contribution >= 4 is 22.9 Å². The van der Waals surface area contributed by atoms with Crippen LogP contribution in [-0.2, 0) is 15.8 Å². The van der Waals surface area contributed by atoms with Gasteiger partial charge in [-0.2, -0.15) is 0 Å². The standard InChI is InChI=1S/C39H35NO5/c1-38(2)33-12-8-7-11-31(33)34-29-9-5-6-10-30(29)36-32(35(34)38)21-22-39(45-36,25-13-17-27(42-4)18-14-25)26-15-19-28(20-16-26)43-23-24-44-37(41)40-3/h5-22H,23-24H2,1-4H3,(H,40,41). The molecule has 1 aliphatic carbocycles. The number of alkyl carbamates (subject to hydrolysis) is 1. The Morgan fingerprint density at radius 3 is 2.13 bits per heavy atom. The lowest BCUT2D eigenvalue weighted by atomic mass is 9.77. The molecule has 226 valence electrons. The molecule has 0 saturated heterocycles. The van der Waals surface area contributed by atoms with Gasteiger partial charge in [-0.05, 0) is 58.0 Å². The van der Waals surface area contributed by atoms with Gasteiger partial charge in [-0.15, -0.1) is 0 Å². The van der Waals surface area contributed by atoms with E-state index < -0.39 is 11.7 Å². The number of rotatable bonds is 7. The van der Waals surface area contributed by atoms with Crippen molar-refractivity contribution in [2.75, 3.05) is 27.4 Å². The molecular weight excluding hydrogens is 562 g/mol. The van der Waals surface area contributed by atoms with Gasteiger partial charge in [0.1, 0.15) is 30.5 Å². The molecule has 0 radical (unpaired) electrons. The minimum atomic E-state index is -0.910. The lowest BCUT2D eigenvalue weighted by Crippen LogP contribution is -2.35. The van der Waals surface area contributed by atoms with Crippen molar-refractivity contribution in [3.8, 4) is 28.4 Å². The maximum Gasteiger partial charge on any atom is 0.406 e. The summed E-state index contributed by atoms with van der Waals surface area (Å²) in [5.41, 5.74) is 7.13. The summed E-state index contributed by atoms with van der Waals surface area (Å²) >= 11 is 0. The Kier molecular flexibility index (Phi) is 7.00. The van der Waals surface area contributed by atoms with Gasteiger partial charge in [-0.1, -0.05) is 92.7 Å². The van der Waals surface area contributed by atoms with Crippen molar-refractivity contribution in [3.05, 3.63) is 131 Å². The topological polar surface area (TPSA) is 66.0 Å². The normalized spacial score (nSPS) is 17.1. The summed E-state index contributed by atoms with van der Waals surface area (Å²) in [6.45, 7) is 5.02. The molecule has 0 spiro atoms. The largest absolute Gasteiger partial charge is 0.497 e. The lowest BCUT2D eigenvalue weighted by molar-refractivity contribution is 0.127. The Labute approximate surface area is 263 Å². The van der Waals surface area contributed by atoms with Crippen LogP contribution in [0.4, 0.5) is 4.79 Å². The minimum absolute atomic E-state index is 0.150. The molecule has 1 unspecified atom stereocenters. The van der Waals surface area contributed by atoms with Crippen molar-refractivity contribution in [2.24, 2.45) is 0 Å². The number of carbonyl (C=O) groups is 1. The summed E-state index contributed by atoms with van der Waals surface area (Å²) in [5, 5.41) is 4.70. The van der Waals surface area contributed by atoms with E-state index in [0.29, 0.717) is 5.75 Å². The molecule has 1 heterocycles. The molecule has 1 atom stereocenters. The van der Waals surface area contributed by atoms with Crippen LogP contribution in [0.2, 0.25) is 0 Å². The molecule has 1 aliphatic heterocycles. The van der Waals surface area contributed by atoms with Gasteiger partial charge in [0.2, 0.25) is 0 Å². The zero-order chi connectivity index (χ0) is 31.2. The van der Waals surface area contributed by atoms with E-state index in [0.717, 1.165) is 33.6 Å². The molecule has 0 aromatic heterocycles. The van der Waals surface area contributed by atoms with Gasteiger partial charge < -0.3 is 24.3 Å². The van der Waals surface area contributed by atoms with E-state index >= 15 is 0 Å². The Morgan fingerprint density at radius 2 is 1.44 bits per heavy atom. The zero-order valence-corrected chi connectivity index (χ0v) is 25.8. The third-order valence-electron chi connectivity index (χ3n) is 9.04. The summed E-state index contributed by atoms with van der Waals surface area (Å²) in [6, 6.07) is 33.3. The van der Waals surface area contributed by atoms with Crippen LogP contribution < -0.4 is 19.5 Å². The highest BCUT2D eigenvalue weighted by molar-refractivity contribution is 6.08. The summed E-state index contributed by atoms with van der Waals surface area (Å²) in [6.07, 6.45) is 3.95. The molecule has 1 N–H and O–H groups in total. The Hall–Kier alpha value is -5.23. The first-order chi connectivity index (χ1) is 21.9. The average molecular weight is 598 g/mol. The zero-order valence-electron chi connectivity index (χ0n) is 25.8. The molecule has 6 nitrogen and oxygen atoms in total. The molecule has 5 aromatic rings. The van der Waals surface area contributed by atoms with Gasteiger partial charge in [0.15, 0.2) is 5.60 Å². The summed E-state index contributed by atoms with van der Waals surface area (Å²) < 4.78 is 23.7. The number of methoxy groups -OCH3 is 1. The number of hydrogen-bond donors (Lipinski definition) is 1. The second kappa shape index (κ2) is 11.0. The first kappa shape index (κ1) is 28.5. The fourth-order valence-corrected chi connectivity index (χ4v) is 6.88. The van der Waals surface area contributed by atoms with Crippen LogP contribution in [0.5, 0.6) is 17.2 Å². The van der Waals surface area contributed by atoms with Gasteiger partial charge in [-0.25, -0.2) is 4.79 Å². The van der Waals surface area contributed by atoms with Crippen molar-refractivity contribution in [2.45, 2.75) is 24.9 Å². The van der Waals surface area contributed by atoms with E-state index in [-0.39, 0.29) is 18.6 Å². The molecule has 7 rings (SSSR count). The van der Waals surface area contributed by atoms with Crippen LogP contribution in [0.1, 0.15) is 41.7 Å². The fraction of sp³-hybridized carbons (Fsp3) is 0.205. The highest BCUT2D eigenvalue weighted by Gasteiger charge is 2.44. The van der Waals surface area contributed by atoms with E-state index in [2.05, 4.69) is 92.0 Å². The molecule has 0 fully saturated rings. The van der Waals surface area contributed by atoms with Gasteiger partial charge in [0.25, 0.3) is 0 Å². The van der Waals surface area contributed by atoms with Gasteiger partial charge in [0, 0.05) is 34.5 Å². The maximum absolute atomic E-state index is 11.4. The van der Waals surface area contributed by atoms with Crippen molar-refractivity contribution in [1.29, 1.82) is 0 Å². The second-order valence-corrected chi connectivity index (χ2v) is 11.9. The summed E-state index contributed by atoms with van der Waals surface area (Å²) in [7, 11) is 3.19. The van der Waals surface area contributed by atoms with Crippen molar-refractivity contribution in [3.63, 3.8) is 0 Å². The average Bonchev–Trinajstić information content (AvgIpc) is 3.33. The first-order valence-corrected chi connectivity index (χ1v) is 15.2. The highest BCUT2D eigenvalue weighted by atomic mass is 16.6. The fourth-order valence-electron chi connectivity index (χ4n) is 6.88. The molecule has 5 aromatic carbocycles. The number of ether oxygens (including phenoxy) is 4. The maximum atomic E-state index is 11.4. The lowest BCUT2D eigenvalue weighted by Gasteiger charge is -2.38. The predicted octanol–water partition coefficient (Wildman–Crippen LogP) is 8.24. The first-order valence-electron chi connectivity index (χ1n) is 15.2. The van der Waals surface area contributed by atoms with Crippen LogP contribution in [-0.4, -0.2) is 33.5 Å². The van der Waals surface area contributed by atoms with Crippen LogP contribution in [0.15, 0.2) is 103 Å². The van der Waals surface area contributed by atoms with E-state index in [1.165, 1.54) is 34.7 Å². The van der Waals surface area contributed by atoms with Gasteiger partial charge in [-0.3, -0.25) is 0 Å². The molecule has 1 amide bonds. The SMILES string of the molecule is CNC(=O)OCCOc1ccc(C2(c3ccc(OC)cc3)C=Cc3c4c(c5ccccc5c3O2)-c2ccccc2C4(C)C)cc1. The van der Waals surface area contributed by atoms with Crippen LogP contribution in [0.25, 0.3) is 28.0 Å². The van der Waals surface area contributed by atoms with Gasteiger partial charge in [0.05, 0.1) is 7.11 Å². The van der Waals surface area contributed by atoms with Crippen LogP contribution >= 0.6 is 0 Å². The molecule has 0 saturated carbocycles. The Bertz CT molecular complexity index is 1940.